The van der Waals surface area contributed by atoms with Crippen LogP contribution in [-0.4, -0.2) is 15.7 Å². The van der Waals surface area contributed by atoms with Gasteiger partial charge in [0, 0.05) is 13.2 Å². The van der Waals surface area contributed by atoms with Crippen LogP contribution in [0.25, 0.3) is 0 Å². The first-order valence-electron chi connectivity index (χ1n) is 4.71. The summed E-state index contributed by atoms with van der Waals surface area (Å²) in [5, 5.41) is 15.5. The third-order valence-corrected chi connectivity index (χ3v) is 4.42. The van der Waals surface area contributed by atoms with Gasteiger partial charge in [0.25, 0.3) is 5.91 Å². The highest BCUT2D eigenvalue weighted by Crippen LogP contribution is 2.32. The number of aryl methyl sites for hydroxylation is 1. The number of nitrogens with one attached hydrogen (secondary N) is 1. The van der Waals surface area contributed by atoms with Crippen LogP contribution in [-0.2, 0) is 7.05 Å². The molecule has 0 spiro atoms. The molecular formula is C10H6Br2N4OS. The van der Waals surface area contributed by atoms with Gasteiger partial charge >= 0.3 is 0 Å². The molecule has 8 heteroatoms. The third-order valence-electron chi connectivity index (χ3n) is 2.08. The quantitative estimate of drug-likeness (QED) is 0.857. The van der Waals surface area contributed by atoms with Gasteiger partial charge in [0.2, 0.25) is 0 Å². The van der Waals surface area contributed by atoms with Crippen molar-refractivity contribution < 1.29 is 4.79 Å². The van der Waals surface area contributed by atoms with Gasteiger partial charge in [-0.25, -0.2) is 0 Å². The van der Waals surface area contributed by atoms with Gasteiger partial charge in [-0.15, -0.1) is 11.3 Å². The summed E-state index contributed by atoms with van der Waals surface area (Å²) in [6.07, 6.45) is 1.55. The molecule has 1 N–H and O–H groups in total. The van der Waals surface area contributed by atoms with E-state index in [0.29, 0.717) is 11.1 Å². The van der Waals surface area contributed by atoms with Crippen LogP contribution < -0.4 is 5.32 Å². The maximum Gasteiger partial charge on any atom is 0.258 e. The lowest BCUT2D eigenvalue weighted by atomic mass is 10.3. The smallest absolute Gasteiger partial charge is 0.258 e. The Bertz CT molecular complexity index is 655. The van der Waals surface area contributed by atoms with Crippen LogP contribution >= 0.6 is 43.2 Å². The Morgan fingerprint density at radius 2 is 2.33 bits per heavy atom. The molecule has 18 heavy (non-hydrogen) atoms. The molecule has 0 unspecified atom stereocenters. The van der Waals surface area contributed by atoms with E-state index in [9.17, 15) is 4.79 Å². The Morgan fingerprint density at radius 3 is 2.89 bits per heavy atom. The van der Waals surface area contributed by atoms with Crippen LogP contribution in [0.2, 0.25) is 0 Å². The minimum absolute atomic E-state index is 0.263. The largest absolute Gasteiger partial charge is 0.304 e. The molecular weight excluding hydrogens is 384 g/mol. The molecule has 0 atom stereocenters. The zero-order chi connectivity index (χ0) is 13.3. The number of nitriles is 1. The fourth-order valence-corrected chi connectivity index (χ4v) is 4.13. The van der Waals surface area contributed by atoms with Crippen molar-refractivity contribution in [1.82, 2.24) is 9.78 Å². The summed E-state index contributed by atoms with van der Waals surface area (Å²) >= 11 is 8.02. The van der Waals surface area contributed by atoms with Gasteiger partial charge in [-0.2, -0.15) is 10.4 Å². The predicted molar refractivity (Wildman–Crippen MR) is 75.6 cm³/mol. The number of anilines is 1. The van der Waals surface area contributed by atoms with Crippen molar-refractivity contribution in [3.05, 3.63) is 31.0 Å². The molecule has 2 aromatic rings. The number of rotatable bonds is 2. The second kappa shape index (κ2) is 5.22. The van der Waals surface area contributed by atoms with Crippen molar-refractivity contribution in [2.24, 2.45) is 7.05 Å². The van der Waals surface area contributed by atoms with Crippen molar-refractivity contribution in [3.8, 4) is 6.07 Å². The standard InChI is InChI=1S/C10H6Br2N4OS/c1-16-4-5(3-13)9(15-16)14-10(17)6-2-7(11)18-8(6)12/h2,4H,1H3,(H,14,15,17). The normalized spacial score (nSPS) is 10.1. The summed E-state index contributed by atoms with van der Waals surface area (Å²) in [6.45, 7) is 0. The zero-order valence-corrected chi connectivity index (χ0v) is 13.1. The van der Waals surface area contributed by atoms with Crippen LogP contribution in [0.1, 0.15) is 15.9 Å². The Balaban J connectivity index is 2.27. The van der Waals surface area contributed by atoms with E-state index in [1.807, 2.05) is 6.07 Å². The number of carbonyl (C=O) groups is 1. The number of carbonyl (C=O) groups excluding carboxylic acids is 1. The van der Waals surface area contributed by atoms with E-state index < -0.39 is 0 Å². The molecule has 92 valence electrons. The van der Waals surface area contributed by atoms with Gasteiger partial charge in [0.1, 0.15) is 11.6 Å². The molecule has 2 heterocycles. The lowest BCUT2D eigenvalue weighted by molar-refractivity contribution is 0.102. The average Bonchev–Trinajstić information content (AvgIpc) is 2.81. The Labute approximate surface area is 124 Å². The summed E-state index contributed by atoms with van der Waals surface area (Å²) in [5.74, 6) is -0.0433. The van der Waals surface area contributed by atoms with E-state index >= 15 is 0 Å². The Morgan fingerprint density at radius 1 is 1.61 bits per heavy atom. The van der Waals surface area contributed by atoms with Gasteiger partial charge in [0.05, 0.1) is 13.1 Å². The number of hydrogen-bond acceptors (Lipinski definition) is 4. The average molecular weight is 390 g/mol. The fourth-order valence-electron chi connectivity index (χ4n) is 1.33. The number of hydrogen-bond donors (Lipinski definition) is 1. The molecule has 2 rings (SSSR count). The Kier molecular flexibility index (Phi) is 3.85. The SMILES string of the molecule is Cn1cc(C#N)c(NC(=O)c2cc(Br)sc2Br)n1. The van der Waals surface area contributed by atoms with Crippen molar-refractivity contribution in [2.75, 3.05) is 5.32 Å². The summed E-state index contributed by atoms with van der Waals surface area (Å²) in [5.41, 5.74) is 0.831. The maximum absolute atomic E-state index is 12.0. The number of aromatic nitrogens is 2. The van der Waals surface area contributed by atoms with Crippen molar-refractivity contribution in [3.63, 3.8) is 0 Å². The minimum Gasteiger partial charge on any atom is -0.304 e. The van der Waals surface area contributed by atoms with Gasteiger partial charge in [0.15, 0.2) is 5.82 Å². The van der Waals surface area contributed by atoms with Crippen molar-refractivity contribution in [2.45, 2.75) is 0 Å². The molecule has 1 amide bonds. The molecule has 0 bridgehead atoms. The van der Waals surface area contributed by atoms with Crippen molar-refractivity contribution in [1.29, 1.82) is 5.26 Å². The first-order chi connectivity index (χ1) is 8.51. The molecule has 0 aliphatic carbocycles. The van der Waals surface area contributed by atoms with Gasteiger partial charge < -0.3 is 5.32 Å². The number of amides is 1. The fraction of sp³-hybridized carbons (Fsp3) is 0.100. The van der Waals surface area contributed by atoms with Crippen LogP contribution in [0.4, 0.5) is 5.82 Å². The van der Waals surface area contributed by atoms with E-state index in [0.717, 1.165) is 7.57 Å². The van der Waals surface area contributed by atoms with Crippen molar-refractivity contribution >= 4 is 54.9 Å². The Hall–Kier alpha value is -1.17. The summed E-state index contributed by atoms with van der Waals surface area (Å²) < 4.78 is 3.05. The number of halogens is 2. The zero-order valence-electron chi connectivity index (χ0n) is 9.07. The molecule has 0 aliphatic rings. The first kappa shape index (κ1) is 13.3. The van der Waals surface area contributed by atoms with E-state index in [1.165, 1.54) is 16.0 Å². The lowest BCUT2D eigenvalue weighted by Gasteiger charge is -2.00. The predicted octanol–water partition coefficient (Wildman–Crippen LogP) is 3.13. The van der Waals surface area contributed by atoms with Gasteiger partial charge in [-0.1, -0.05) is 0 Å². The van der Waals surface area contributed by atoms with E-state index in [4.69, 9.17) is 5.26 Å². The van der Waals surface area contributed by atoms with Gasteiger partial charge in [-0.05, 0) is 37.9 Å². The summed E-state index contributed by atoms with van der Waals surface area (Å²) in [6, 6.07) is 3.68. The second-order valence-electron chi connectivity index (χ2n) is 3.37. The van der Waals surface area contributed by atoms with E-state index in [-0.39, 0.29) is 11.7 Å². The molecule has 5 nitrogen and oxygen atoms in total. The molecule has 0 saturated carbocycles. The highest BCUT2D eigenvalue weighted by molar-refractivity contribution is 9.12. The van der Waals surface area contributed by atoms with Crippen LogP contribution in [0.3, 0.4) is 0 Å². The van der Waals surface area contributed by atoms with Crippen LogP contribution in [0.15, 0.2) is 19.8 Å². The van der Waals surface area contributed by atoms with Gasteiger partial charge in [-0.3, -0.25) is 9.48 Å². The molecule has 0 fully saturated rings. The number of nitrogens with zero attached hydrogens (tertiary/aromatic N) is 3. The van der Waals surface area contributed by atoms with E-state index in [2.05, 4.69) is 42.3 Å². The monoisotopic (exact) mass is 388 g/mol. The number of thiophene rings is 1. The molecule has 0 aromatic carbocycles. The van der Waals surface area contributed by atoms with E-state index in [1.54, 1.807) is 19.3 Å². The second-order valence-corrected chi connectivity index (χ2v) is 7.12. The highest BCUT2D eigenvalue weighted by Gasteiger charge is 2.16. The minimum atomic E-state index is -0.306. The highest BCUT2D eigenvalue weighted by atomic mass is 79.9. The maximum atomic E-state index is 12.0. The lowest BCUT2D eigenvalue weighted by Crippen LogP contribution is -2.12. The molecule has 2 aromatic heterocycles. The summed E-state index contributed by atoms with van der Waals surface area (Å²) in [7, 11) is 1.69. The topological polar surface area (TPSA) is 70.7 Å². The molecule has 0 radical (unpaired) electrons. The van der Waals surface area contributed by atoms with Crippen LogP contribution in [0, 0.1) is 11.3 Å². The van der Waals surface area contributed by atoms with Crippen LogP contribution in [0.5, 0.6) is 0 Å². The molecule has 0 aliphatic heterocycles. The third kappa shape index (κ3) is 2.63. The first-order valence-corrected chi connectivity index (χ1v) is 7.11. The summed E-state index contributed by atoms with van der Waals surface area (Å²) in [4.78, 5) is 12.0. The molecule has 0 saturated heterocycles.